The van der Waals surface area contributed by atoms with E-state index in [9.17, 15) is 24.1 Å². The number of fused-ring (bicyclic) bond motifs is 2. The third kappa shape index (κ3) is 3.90. The second-order valence-electron chi connectivity index (χ2n) is 8.38. The van der Waals surface area contributed by atoms with Crippen LogP contribution >= 0.6 is 0 Å². The zero-order valence-corrected chi connectivity index (χ0v) is 19.1. The Labute approximate surface area is 206 Å². The van der Waals surface area contributed by atoms with Crippen LogP contribution in [0, 0.1) is 0 Å². The number of rotatable bonds is 2. The lowest BCUT2D eigenvalue weighted by Gasteiger charge is -2.29. The molecule has 4 atom stereocenters. The fraction of sp³-hybridized carbons (Fsp3) is 0.333. The van der Waals surface area contributed by atoms with Gasteiger partial charge in [0.1, 0.15) is 48.6 Å². The third-order valence-corrected chi connectivity index (χ3v) is 6.32. The number of aliphatic hydroxyl groups is 3. The summed E-state index contributed by atoms with van der Waals surface area (Å²) in [6.45, 7) is 0. The van der Waals surface area contributed by atoms with Gasteiger partial charge in [-0.25, -0.2) is 38.7 Å². The molecule has 0 radical (unpaired) electrons. The zero-order chi connectivity index (χ0) is 26.3. The van der Waals surface area contributed by atoms with E-state index in [-0.39, 0.29) is 54.2 Å². The number of aliphatic hydroxyl groups excluding tert-OH is 2. The number of hydrogen-bond acceptors (Lipinski definition) is 12. The van der Waals surface area contributed by atoms with Crippen molar-refractivity contribution in [2.75, 3.05) is 11.5 Å². The predicted octanol–water partition coefficient (Wildman–Crippen LogP) is 0.561. The van der Waals surface area contributed by atoms with Crippen molar-refractivity contribution in [3.63, 3.8) is 0 Å². The smallest absolute Gasteiger partial charge is 0.195 e. The topological polar surface area (TPSA) is 209 Å². The highest BCUT2D eigenvalue weighted by Crippen LogP contribution is 2.41. The maximum absolute atomic E-state index is 12.9. The highest BCUT2D eigenvalue weighted by atomic mass is 19.1. The largest absolute Gasteiger partial charge is 0.469 e. The first-order valence-electron chi connectivity index (χ1n) is 11.0. The number of imidazole rings is 2. The van der Waals surface area contributed by atoms with Crippen molar-refractivity contribution in [1.82, 2.24) is 39.0 Å². The number of ether oxygens (including phenoxy) is 1. The van der Waals surface area contributed by atoms with E-state index < -0.39 is 24.2 Å². The number of anilines is 2. The highest BCUT2D eigenvalue weighted by molar-refractivity contribution is 5.82. The molecule has 0 bridgehead atoms. The maximum Gasteiger partial charge on any atom is 0.195 e. The molecule has 2 unspecified atom stereocenters. The monoisotopic (exact) mass is 516 g/mol. The molecule has 2 fully saturated rings. The average molecular weight is 516 g/mol. The number of halogens is 2. The Bertz CT molecular complexity index is 1520. The molecule has 7 N–H and O–H groups in total. The van der Waals surface area contributed by atoms with Gasteiger partial charge in [-0.2, -0.15) is 0 Å². The second kappa shape index (κ2) is 9.30. The van der Waals surface area contributed by atoms with Gasteiger partial charge in [-0.05, 0) is 12.8 Å². The SMILES string of the molecule is Nc1ncnc2c1ncn2C1(O)C(=CF)CCC1O.Nc1ncnc2c1ncn2[C@H]1C[C@H](O)/C(=C/F)O1. The van der Waals surface area contributed by atoms with Crippen molar-refractivity contribution in [3.05, 3.63) is 49.3 Å². The van der Waals surface area contributed by atoms with Crippen molar-refractivity contribution < 1.29 is 28.8 Å². The molecule has 4 aromatic heterocycles. The van der Waals surface area contributed by atoms with Crippen LogP contribution in [-0.2, 0) is 10.5 Å². The van der Waals surface area contributed by atoms with Crippen LogP contribution in [0.25, 0.3) is 22.3 Å². The summed E-state index contributed by atoms with van der Waals surface area (Å²) in [5, 5.41) is 30.2. The van der Waals surface area contributed by atoms with E-state index in [1.807, 2.05) is 0 Å². The Balaban J connectivity index is 0.000000152. The normalized spacial score (nSPS) is 27.6. The fourth-order valence-corrected chi connectivity index (χ4v) is 4.38. The highest BCUT2D eigenvalue weighted by Gasteiger charge is 2.47. The number of hydrogen-bond donors (Lipinski definition) is 5. The Kier molecular flexibility index (Phi) is 6.14. The predicted molar refractivity (Wildman–Crippen MR) is 124 cm³/mol. The number of nitrogens with zero attached hydrogens (tertiary/aromatic N) is 8. The summed E-state index contributed by atoms with van der Waals surface area (Å²) < 4.78 is 33.4. The molecule has 0 aromatic carbocycles. The molecule has 1 saturated heterocycles. The molecule has 14 nitrogen and oxygen atoms in total. The van der Waals surface area contributed by atoms with Gasteiger partial charge in [-0.15, -0.1) is 0 Å². The van der Waals surface area contributed by atoms with E-state index in [1.54, 1.807) is 4.57 Å². The van der Waals surface area contributed by atoms with Gasteiger partial charge in [-0.1, -0.05) is 0 Å². The molecule has 194 valence electrons. The first-order valence-corrected chi connectivity index (χ1v) is 11.0. The molecule has 6 rings (SSSR count). The van der Waals surface area contributed by atoms with Crippen LogP contribution < -0.4 is 11.5 Å². The Hall–Kier alpha value is -4.28. The van der Waals surface area contributed by atoms with Crippen molar-refractivity contribution in [3.8, 4) is 0 Å². The Morgan fingerprint density at radius 1 is 0.946 bits per heavy atom. The van der Waals surface area contributed by atoms with Gasteiger partial charge in [0.05, 0.1) is 12.7 Å². The maximum atomic E-state index is 12.9. The molecule has 0 spiro atoms. The van der Waals surface area contributed by atoms with Crippen LogP contribution in [0.5, 0.6) is 0 Å². The zero-order valence-electron chi connectivity index (χ0n) is 19.1. The van der Waals surface area contributed by atoms with Crippen molar-refractivity contribution >= 4 is 34.0 Å². The van der Waals surface area contributed by atoms with E-state index >= 15 is 0 Å². The van der Waals surface area contributed by atoms with Crippen LogP contribution in [0.3, 0.4) is 0 Å². The van der Waals surface area contributed by atoms with E-state index in [0.29, 0.717) is 23.0 Å². The summed E-state index contributed by atoms with van der Waals surface area (Å²) in [7, 11) is 0. The standard InChI is InChI=1S/C11H12FN5O2.C10H10FN5O2/c12-3-6-1-2-7(18)11(6,19)17-5-16-8-9(13)14-4-15-10(8)17;11-2-6-5(17)1-7(18-6)16-4-15-8-9(12)13-3-14-10(8)16/h3-5,7,18-19H,1-2H2,(H2,13,14,15);2-5,7,17H,1H2,(H2,12,13,14)/b;6-2-/t;5-,7+/m.0/s1. The van der Waals surface area contributed by atoms with Gasteiger partial charge < -0.3 is 31.5 Å². The van der Waals surface area contributed by atoms with Crippen molar-refractivity contribution in [2.45, 2.75) is 43.4 Å². The minimum absolute atomic E-state index is 0.0801. The lowest BCUT2D eigenvalue weighted by molar-refractivity contribution is -0.0861. The molecule has 1 aliphatic carbocycles. The molecule has 4 aromatic rings. The molecule has 2 aliphatic rings. The molecular formula is C21H22F2N10O4. The van der Waals surface area contributed by atoms with Gasteiger partial charge in [0.25, 0.3) is 0 Å². The van der Waals surface area contributed by atoms with Crippen molar-refractivity contribution in [2.24, 2.45) is 0 Å². The minimum atomic E-state index is -1.88. The molecule has 1 saturated carbocycles. The first-order chi connectivity index (χ1) is 17.8. The molecule has 16 heteroatoms. The summed E-state index contributed by atoms with van der Waals surface area (Å²) in [6.07, 6.45) is 3.95. The summed E-state index contributed by atoms with van der Waals surface area (Å²) in [5.41, 5.74) is 11.0. The second-order valence-corrected chi connectivity index (χ2v) is 8.38. The van der Waals surface area contributed by atoms with Crippen molar-refractivity contribution in [1.29, 1.82) is 0 Å². The molecule has 1 aliphatic heterocycles. The van der Waals surface area contributed by atoms with Gasteiger partial charge in [-0.3, -0.25) is 9.13 Å². The van der Waals surface area contributed by atoms with E-state index in [1.165, 1.54) is 29.9 Å². The quantitative estimate of drug-likeness (QED) is 0.247. The number of nitrogens with two attached hydrogens (primary N) is 2. The Morgan fingerprint density at radius 2 is 1.59 bits per heavy atom. The molecule has 37 heavy (non-hydrogen) atoms. The summed E-state index contributed by atoms with van der Waals surface area (Å²) in [6, 6.07) is 0. The average Bonchev–Trinajstić information content (AvgIpc) is 3.66. The van der Waals surface area contributed by atoms with E-state index in [4.69, 9.17) is 16.2 Å². The molecular weight excluding hydrogens is 494 g/mol. The van der Waals surface area contributed by atoms with Crippen LogP contribution in [0.2, 0.25) is 0 Å². The summed E-state index contributed by atoms with van der Waals surface area (Å²) >= 11 is 0. The van der Waals surface area contributed by atoms with Gasteiger partial charge >= 0.3 is 0 Å². The molecule has 5 heterocycles. The number of nitrogen functional groups attached to an aromatic ring is 2. The van der Waals surface area contributed by atoms with Crippen LogP contribution in [0.1, 0.15) is 25.5 Å². The Morgan fingerprint density at radius 3 is 2.24 bits per heavy atom. The van der Waals surface area contributed by atoms with Crippen LogP contribution in [0.4, 0.5) is 20.4 Å². The van der Waals surface area contributed by atoms with Crippen LogP contribution in [0.15, 0.2) is 49.3 Å². The summed E-state index contributed by atoms with van der Waals surface area (Å²) in [5.74, 6) is 0.327. The molecule has 0 amide bonds. The lowest BCUT2D eigenvalue weighted by Crippen LogP contribution is -2.41. The van der Waals surface area contributed by atoms with E-state index in [2.05, 4.69) is 29.9 Å². The summed E-state index contributed by atoms with van der Waals surface area (Å²) in [4.78, 5) is 23.7. The van der Waals surface area contributed by atoms with E-state index in [0.717, 1.165) is 0 Å². The lowest BCUT2D eigenvalue weighted by atomic mass is 10.1. The van der Waals surface area contributed by atoms with Gasteiger partial charge in [0.2, 0.25) is 0 Å². The number of aromatic nitrogens is 8. The van der Waals surface area contributed by atoms with Gasteiger partial charge in [0.15, 0.2) is 40.6 Å². The van der Waals surface area contributed by atoms with Crippen LogP contribution in [-0.4, -0.2) is 66.6 Å². The minimum Gasteiger partial charge on any atom is -0.469 e. The fourth-order valence-electron chi connectivity index (χ4n) is 4.38. The third-order valence-electron chi connectivity index (χ3n) is 6.32. The first kappa shape index (κ1) is 24.4. The van der Waals surface area contributed by atoms with Gasteiger partial charge in [0, 0.05) is 12.0 Å².